The van der Waals surface area contributed by atoms with Crippen LogP contribution in [0.4, 0.5) is 5.69 Å². The van der Waals surface area contributed by atoms with Gasteiger partial charge in [0.05, 0.1) is 26.3 Å². The fraction of sp³-hybridized carbons (Fsp3) is 0.176. The molecule has 0 saturated heterocycles. The number of methoxy groups -OCH3 is 2. The number of hydrogen-bond donors (Lipinski definition) is 2. The first-order valence-corrected chi connectivity index (χ1v) is 8.17. The molecular weight excluding hydrogens is 423 g/mol. The summed E-state index contributed by atoms with van der Waals surface area (Å²) < 4.78 is 11.1. The Morgan fingerprint density at radius 1 is 1.04 bits per heavy atom. The molecule has 0 aliphatic carbocycles. The van der Waals surface area contributed by atoms with Crippen molar-refractivity contribution in [3.8, 4) is 11.5 Å². The van der Waals surface area contributed by atoms with E-state index in [-0.39, 0.29) is 18.4 Å². The van der Waals surface area contributed by atoms with E-state index in [2.05, 4.69) is 33.2 Å². The Hall–Kier alpha value is -2.29. The van der Waals surface area contributed by atoms with Crippen molar-refractivity contribution in [3.05, 3.63) is 51.6 Å². The van der Waals surface area contributed by atoms with Gasteiger partial charge in [-0.25, -0.2) is 0 Å². The van der Waals surface area contributed by atoms with Gasteiger partial charge in [0.15, 0.2) is 0 Å². The number of ether oxygens (including phenoxy) is 2. The molecule has 0 spiro atoms. The number of anilines is 1. The molecular formula is C17H17IN2O4. The topological polar surface area (TPSA) is 76.7 Å². The lowest BCUT2D eigenvalue weighted by molar-refractivity contribution is -0.115. The number of carbonyl (C=O) groups is 2. The lowest BCUT2D eigenvalue weighted by Crippen LogP contribution is -2.33. The van der Waals surface area contributed by atoms with Crippen molar-refractivity contribution in [1.29, 1.82) is 0 Å². The van der Waals surface area contributed by atoms with Gasteiger partial charge < -0.3 is 20.1 Å². The van der Waals surface area contributed by atoms with Crippen molar-refractivity contribution in [2.45, 2.75) is 0 Å². The van der Waals surface area contributed by atoms with E-state index in [1.165, 1.54) is 14.2 Å². The molecule has 7 heteroatoms. The lowest BCUT2D eigenvalue weighted by Gasteiger charge is -2.10. The van der Waals surface area contributed by atoms with Gasteiger partial charge in [-0.2, -0.15) is 0 Å². The first kappa shape index (κ1) is 18.1. The highest BCUT2D eigenvalue weighted by Gasteiger charge is 2.11. The SMILES string of the molecule is COc1cc(NC(=O)CNC(=O)c2ccccc2I)cc(OC)c1. The van der Waals surface area contributed by atoms with E-state index < -0.39 is 0 Å². The van der Waals surface area contributed by atoms with Crippen LogP contribution < -0.4 is 20.1 Å². The van der Waals surface area contributed by atoms with Crippen molar-refractivity contribution in [1.82, 2.24) is 5.32 Å². The van der Waals surface area contributed by atoms with Crippen LogP contribution in [0.15, 0.2) is 42.5 Å². The van der Waals surface area contributed by atoms with E-state index in [1.807, 2.05) is 12.1 Å². The first-order valence-electron chi connectivity index (χ1n) is 7.09. The van der Waals surface area contributed by atoms with Gasteiger partial charge in [0.1, 0.15) is 11.5 Å². The average Bonchev–Trinajstić information content (AvgIpc) is 2.59. The second-order valence-electron chi connectivity index (χ2n) is 4.81. The maximum absolute atomic E-state index is 12.1. The smallest absolute Gasteiger partial charge is 0.252 e. The van der Waals surface area contributed by atoms with Crippen LogP contribution in [0.1, 0.15) is 10.4 Å². The maximum Gasteiger partial charge on any atom is 0.252 e. The number of carbonyl (C=O) groups excluding carboxylic acids is 2. The second kappa shape index (κ2) is 8.53. The van der Waals surface area contributed by atoms with Crippen molar-refractivity contribution >= 4 is 40.1 Å². The largest absolute Gasteiger partial charge is 0.497 e. The van der Waals surface area contributed by atoms with Crippen LogP contribution in [-0.4, -0.2) is 32.6 Å². The molecule has 0 heterocycles. The minimum Gasteiger partial charge on any atom is -0.497 e. The normalized spacial score (nSPS) is 9.96. The third kappa shape index (κ3) is 4.85. The van der Waals surface area contributed by atoms with Crippen LogP contribution in [0.3, 0.4) is 0 Å². The van der Waals surface area contributed by atoms with E-state index in [0.717, 1.165) is 3.57 Å². The van der Waals surface area contributed by atoms with Crippen LogP contribution in [0.5, 0.6) is 11.5 Å². The van der Waals surface area contributed by atoms with Gasteiger partial charge in [0.2, 0.25) is 5.91 Å². The average molecular weight is 440 g/mol. The predicted octanol–water partition coefficient (Wildman–Crippen LogP) is 2.68. The van der Waals surface area contributed by atoms with Crippen LogP contribution in [-0.2, 0) is 4.79 Å². The Morgan fingerprint density at radius 2 is 1.67 bits per heavy atom. The molecule has 6 nitrogen and oxygen atoms in total. The summed E-state index contributed by atoms with van der Waals surface area (Å²) >= 11 is 2.08. The molecule has 24 heavy (non-hydrogen) atoms. The summed E-state index contributed by atoms with van der Waals surface area (Å²) in [5.74, 6) is 0.489. The zero-order valence-electron chi connectivity index (χ0n) is 13.3. The number of halogens is 1. The molecule has 2 aromatic carbocycles. The number of benzene rings is 2. The molecule has 2 N–H and O–H groups in total. The standard InChI is InChI=1S/C17H17IN2O4/c1-23-12-7-11(8-13(9-12)24-2)20-16(21)10-19-17(22)14-5-3-4-6-15(14)18/h3-9H,10H2,1-2H3,(H,19,22)(H,20,21). The van der Waals surface area contributed by atoms with E-state index >= 15 is 0 Å². The van der Waals surface area contributed by atoms with Crippen molar-refractivity contribution in [3.63, 3.8) is 0 Å². The van der Waals surface area contributed by atoms with E-state index in [1.54, 1.807) is 30.3 Å². The van der Waals surface area contributed by atoms with E-state index in [4.69, 9.17) is 9.47 Å². The molecule has 0 unspecified atom stereocenters. The summed E-state index contributed by atoms with van der Waals surface area (Å²) in [7, 11) is 3.06. The Bertz CT molecular complexity index is 727. The number of hydrogen-bond acceptors (Lipinski definition) is 4. The third-order valence-electron chi connectivity index (χ3n) is 3.16. The fourth-order valence-corrected chi connectivity index (χ4v) is 2.62. The van der Waals surface area contributed by atoms with Crippen LogP contribution >= 0.6 is 22.6 Å². The van der Waals surface area contributed by atoms with Crippen molar-refractivity contribution in [2.24, 2.45) is 0 Å². The van der Waals surface area contributed by atoms with Crippen LogP contribution in [0, 0.1) is 3.57 Å². The van der Waals surface area contributed by atoms with E-state index in [9.17, 15) is 9.59 Å². The summed E-state index contributed by atoms with van der Waals surface area (Å²) in [5.41, 5.74) is 1.06. The van der Waals surface area contributed by atoms with Gasteiger partial charge in [-0.1, -0.05) is 12.1 Å². The summed E-state index contributed by atoms with van der Waals surface area (Å²) in [5, 5.41) is 5.30. The third-order valence-corrected chi connectivity index (χ3v) is 4.10. The molecule has 0 aromatic heterocycles. The van der Waals surface area contributed by atoms with Gasteiger partial charge >= 0.3 is 0 Å². The molecule has 0 bridgehead atoms. The lowest BCUT2D eigenvalue weighted by atomic mass is 10.2. The van der Waals surface area contributed by atoms with Gasteiger partial charge in [-0.3, -0.25) is 9.59 Å². The minimum atomic E-state index is -0.343. The molecule has 126 valence electrons. The quantitative estimate of drug-likeness (QED) is 0.678. The number of nitrogens with one attached hydrogen (secondary N) is 2. The monoisotopic (exact) mass is 440 g/mol. The van der Waals surface area contributed by atoms with Gasteiger partial charge in [-0.05, 0) is 34.7 Å². The van der Waals surface area contributed by atoms with Crippen molar-refractivity contribution in [2.75, 3.05) is 26.1 Å². The zero-order chi connectivity index (χ0) is 17.5. The molecule has 2 amide bonds. The van der Waals surface area contributed by atoms with Crippen LogP contribution in [0.2, 0.25) is 0 Å². The van der Waals surface area contributed by atoms with Crippen LogP contribution in [0.25, 0.3) is 0 Å². The molecule has 2 rings (SSSR count). The minimum absolute atomic E-state index is 0.136. The molecule has 0 aliphatic rings. The van der Waals surface area contributed by atoms with Gasteiger partial charge in [0, 0.05) is 27.5 Å². The maximum atomic E-state index is 12.1. The summed E-state index contributed by atoms with van der Waals surface area (Å²) in [6, 6.07) is 12.2. The Morgan fingerprint density at radius 3 is 2.25 bits per heavy atom. The second-order valence-corrected chi connectivity index (χ2v) is 5.97. The molecule has 0 fully saturated rings. The number of rotatable bonds is 6. The highest BCUT2D eigenvalue weighted by Crippen LogP contribution is 2.25. The molecule has 0 radical (unpaired) electrons. The predicted molar refractivity (Wildman–Crippen MR) is 99.7 cm³/mol. The summed E-state index contributed by atoms with van der Waals surface area (Å²) in [4.78, 5) is 24.1. The summed E-state index contributed by atoms with van der Waals surface area (Å²) in [6.07, 6.45) is 0. The Balaban J connectivity index is 1.96. The highest BCUT2D eigenvalue weighted by molar-refractivity contribution is 14.1. The fourth-order valence-electron chi connectivity index (χ4n) is 1.99. The summed E-state index contributed by atoms with van der Waals surface area (Å²) in [6.45, 7) is -0.136. The first-order chi connectivity index (χ1) is 11.5. The Kier molecular flexibility index (Phi) is 6.42. The zero-order valence-corrected chi connectivity index (χ0v) is 15.4. The molecule has 0 aliphatic heterocycles. The Labute approximate surface area is 153 Å². The highest BCUT2D eigenvalue weighted by atomic mass is 127. The van der Waals surface area contributed by atoms with Gasteiger partial charge in [-0.15, -0.1) is 0 Å². The molecule has 0 saturated carbocycles. The van der Waals surface area contributed by atoms with Crippen molar-refractivity contribution < 1.29 is 19.1 Å². The van der Waals surface area contributed by atoms with Gasteiger partial charge in [0.25, 0.3) is 5.91 Å². The van der Waals surface area contributed by atoms with E-state index in [0.29, 0.717) is 22.7 Å². The molecule has 0 atom stereocenters. The molecule has 2 aromatic rings. The number of amides is 2.